The van der Waals surface area contributed by atoms with E-state index in [1.807, 2.05) is 30.5 Å². The third kappa shape index (κ3) is 2.95. The summed E-state index contributed by atoms with van der Waals surface area (Å²) in [6.45, 7) is 0. The van der Waals surface area contributed by atoms with Gasteiger partial charge in [0, 0.05) is 16.6 Å². The van der Waals surface area contributed by atoms with Gasteiger partial charge < -0.3 is 10.6 Å². The van der Waals surface area contributed by atoms with Crippen LogP contribution in [0.4, 0.5) is 10.5 Å². The van der Waals surface area contributed by atoms with Crippen molar-refractivity contribution < 1.29 is 4.79 Å². The number of hydrogen-bond donors (Lipinski definition) is 2. The zero-order valence-electron chi connectivity index (χ0n) is 11.9. The van der Waals surface area contributed by atoms with Gasteiger partial charge in [0.1, 0.15) is 0 Å². The molecule has 0 bridgehead atoms. The van der Waals surface area contributed by atoms with E-state index >= 15 is 0 Å². The number of rotatable bonds is 3. The molecule has 0 aliphatic heterocycles. The van der Waals surface area contributed by atoms with E-state index in [-0.39, 0.29) is 6.03 Å². The summed E-state index contributed by atoms with van der Waals surface area (Å²) in [6, 6.07) is 8.30. The smallest absolute Gasteiger partial charge is 0.319 e. The molecule has 0 spiro atoms. The number of hydrogen-bond acceptors (Lipinski definition) is 2. The molecule has 2 aliphatic rings. The monoisotopic (exact) mass is 290 g/mol. The molecule has 20 heavy (non-hydrogen) atoms. The second-order valence-electron chi connectivity index (χ2n) is 5.87. The standard InChI is InChI=1S/C16H22N2OS/c1-20-13-8-6-12(7-9-13)17-16(19)18-15-10-5-11-3-2-4-14(11)15/h6-9,11,14-15H,2-5,10H2,1H3,(H2,17,18,19)/t11-,14-,15-/m0/s1. The van der Waals surface area contributed by atoms with Gasteiger partial charge in [-0.3, -0.25) is 0 Å². The first-order valence-electron chi connectivity index (χ1n) is 7.48. The molecular weight excluding hydrogens is 268 g/mol. The lowest BCUT2D eigenvalue weighted by atomic mass is 9.98. The Labute approximate surface area is 124 Å². The maximum absolute atomic E-state index is 12.1. The summed E-state index contributed by atoms with van der Waals surface area (Å²) in [6.07, 6.45) is 8.48. The summed E-state index contributed by atoms with van der Waals surface area (Å²) in [5.41, 5.74) is 0.862. The molecule has 2 amide bonds. The first-order chi connectivity index (χ1) is 9.76. The summed E-state index contributed by atoms with van der Waals surface area (Å²) in [7, 11) is 0. The molecule has 2 N–H and O–H groups in total. The van der Waals surface area contributed by atoms with Crippen molar-refractivity contribution in [3.05, 3.63) is 24.3 Å². The first-order valence-corrected chi connectivity index (χ1v) is 8.70. The van der Waals surface area contributed by atoms with Crippen molar-refractivity contribution in [2.24, 2.45) is 11.8 Å². The van der Waals surface area contributed by atoms with E-state index in [9.17, 15) is 4.79 Å². The van der Waals surface area contributed by atoms with E-state index in [4.69, 9.17) is 0 Å². The summed E-state index contributed by atoms with van der Waals surface area (Å²) >= 11 is 1.70. The Hall–Kier alpha value is -1.16. The molecule has 0 heterocycles. The van der Waals surface area contributed by atoms with Crippen LogP contribution < -0.4 is 10.6 Å². The average Bonchev–Trinajstić information content (AvgIpc) is 3.05. The Balaban J connectivity index is 1.54. The quantitative estimate of drug-likeness (QED) is 0.823. The zero-order valence-corrected chi connectivity index (χ0v) is 12.7. The normalized spacial score (nSPS) is 28.1. The highest BCUT2D eigenvalue weighted by atomic mass is 32.2. The van der Waals surface area contributed by atoms with Crippen LogP contribution in [0, 0.1) is 11.8 Å². The molecule has 108 valence electrons. The molecule has 2 fully saturated rings. The van der Waals surface area contributed by atoms with Gasteiger partial charge in [-0.2, -0.15) is 0 Å². The minimum Gasteiger partial charge on any atom is -0.335 e. The number of carbonyl (C=O) groups excluding carboxylic acids is 1. The van der Waals surface area contributed by atoms with E-state index in [1.54, 1.807) is 11.8 Å². The van der Waals surface area contributed by atoms with Gasteiger partial charge in [0.25, 0.3) is 0 Å². The van der Waals surface area contributed by atoms with Gasteiger partial charge in [-0.15, -0.1) is 11.8 Å². The number of urea groups is 1. The lowest BCUT2D eigenvalue weighted by molar-refractivity contribution is 0.244. The lowest BCUT2D eigenvalue weighted by Gasteiger charge is -2.20. The summed E-state index contributed by atoms with van der Waals surface area (Å²) in [5, 5.41) is 6.11. The van der Waals surface area contributed by atoms with Crippen molar-refractivity contribution in [3.63, 3.8) is 0 Å². The number of anilines is 1. The van der Waals surface area contributed by atoms with Gasteiger partial charge in [-0.1, -0.05) is 12.8 Å². The third-order valence-corrected chi connectivity index (χ3v) is 5.49. The van der Waals surface area contributed by atoms with Crippen LogP contribution in [0.15, 0.2) is 29.2 Å². The van der Waals surface area contributed by atoms with Crippen molar-refractivity contribution in [1.29, 1.82) is 0 Å². The van der Waals surface area contributed by atoms with E-state index in [2.05, 4.69) is 10.6 Å². The molecular formula is C16H22N2OS. The maximum Gasteiger partial charge on any atom is 0.319 e. The fourth-order valence-corrected chi connectivity index (χ4v) is 4.16. The molecule has 0 radical (unpaired) electrons. The van der Waals surface area contributed by atoms with Gasteiger partial charge in [0.05, 0.1) is 0 Å². The molecule has 2 saturated carbocycles. The van der Waals surface area contributed by atoms with Crippen LogP contribution in [0.5, 0.6) is 0 Å². The number of carbonyl (C=O) groups is 1. The van der Waals surface area contributed by atoms with Gasteiger partial charge in [0.2, 0.25) is 0 Å². The Morgan fingerprint density at radius 3 is 2.70 bits per heavy atom. The van der Waals surface area contributed by atoms with Crippen LogP contribution in [0.3, 0.4) is 0 Å². The average molecular weight is 290 g/mol. The van der Waals surface area contributed by atoms with Gasteiger partial charge in [-0.05, 0) is 61.6 Å². The minimum atomic E-state index is -0.0561. The largest absolute Gasteiger partial charge is 0.335 e. The van der Waals surface area contributed by atoms with E-state index in [1.165, 1.54) is 30.6 Å². The highest BCUT2D eigenvalue weighted by Crippen LogP contribution is 2.43. The van der Waals surface area contributed by atoms with Crippen molar-refractivity contribution in [3.8, 4) is 0 Å². The number of fused-ring (bicyclic) bond motifs is 1. The van der Waals surface area contributed by atoms with Gasteiger partial charge in [0.15, 0.2) is 0 Å². The zero-order chi connectivity index (χ0) is 13.9. The van der Waals surface area contributed by atoms with Crippen LogP contribution in [0.25, 0.3) is 0 Å². The number of thioether (sulfide) groups is 1. The Morgan fingerprint density at radius 1 is 1.15 bits per heavy atom. The molecule has 4 heteroatoms. The second kappa shape index (κ2) is 6.08. The molecule has 3 atom stereocenters. The van der Waals surface area contributed by atoms with E-state index in [0.717, 1.165) is 23.9 Å². The molecule has 0 saturated heterocycles. The highest BCUT2D eigenvalue weighted by molar-refractivity contribution is 7.98. The topological polar surface area (TPSA) is 41.1 Å². The molecule has 3 nitrogen and oxygen atoms in total. The Kier molecular flexibility index (Phi) is 4.20. The second-order valence-corrected chi connectivity index (χ2v) is 6.75. The van der Waals surface area contributed by atoms with E-state index < -0.39 is 0 Å². The summed E-state index contributed by atoms with van der Waals surface area (Å²) in [5.74, 6) is 1.58. The lowest BCUT2D eigenvalue weighted by Crippen LogP contribution is -2.40. The van der Waals surface area contributed by atoms with Crippen LogP contribution in [0.1, 0.15) is 32.1 Å². The number of nitrogens with one attached hydrogen (secondary N) is 2. The summed E-state index contributed by atoms with van der Waals surface area (Å²) in [4.78, 5) is 13.3. The number of benzene rings is 1. The van der Waals surface area contributed by atoms with Crippen LogP contribution in [-0.2, 0) is 0 Å². The number of amides is 2. The molecule has 1 aromatic carbocycles. The van der Waals surface area contributed by atoms with Gasteiger partial charge in [-0.25, -0.2) is 4.79 Å². The van der Waals surface area contributed by atoms with Crippen molar-refractivity contribution in [1.82, 2.24) is 5.32 Å². The fraction of sp³-hybridized carbons (Fsp3) is 0.562. The Morgan fingerprint density at radius 2 is 1.95 bits per heavy atom. The minimum absolute atomic E-state index is 0.0561. The van der Waals surface area contributed by atoms with Crippen molar-refractivity contribution in [2.75, 3.05) is 11.6 Å². The molecule has 0 aromatic heterocycles. The van der Waals surface area contributed by atoms with Crippen LogP contribution in [0.2, 0.25) is 0 Å². The molecule has 2 aliphatic carbocycles. The summed E-state index contributed by atoms with van der Waals surface area (Å²) < 4.78 is 0. The van der Waals surface area contributed by atoms with Crippen LogP contribution >= 0.6 is 11.8 Å². The fourth-order valence-electron chi connectivity index (χ4n) is 3.75. The maximum atomic E-state index is 12.1. The van der Waals surface area contributed by atoms with Crippen LogP contribution in [-0.4, -0.2) is 18.3 Å². The Bertz CT molecular complexity index is 474. The SMILES string of the molecule is CSc1ccc(NC(=O)N[C@H]2CC[C@@H]3CCC[C@@H]32)cc1. The first kappa shape index (κ1) is 13.8. The molecule has 0 unspecified atom stereocenters. The molecule has 1 aromatic rings. The van der Waals surface area contributed by atoms with E-state index in [0.29, 0.717) is 6.04 Å². The predicted molar refractivity (Wildman–Crippen MR) is 84.2 cm³/mol. The highest BCUT2D eigenvalue weighted by Gasteiger charge is 2.39. The predicted octanol–water partition coefficient (Wildman–Crippen LogP) is 4.11. The third-order valence-electron chi connectivity index (χ3n) is 4.75. The van der Waals surface area contributed by atoms with Crippen molar-refractivity contribution in [2.45, 2.75) is 43.0 Å². The van der Waals surface area contributed by atoms with Gasteiger partial charge >= 0.3 is 6.03 Å². The van der Waals surface area contributed by atoms with Crippen molar-refractivity contribution >= 4 is 23.5 Å². The molecule has 3 rings (SSSR count).